The molecule has 0 aliphatic heterocycles. The second-order valence-corrected chi connectivity index (χ2v) is 5.68. The molecule has 1 heterocycles. The molecule has 2 N–H and O–H groups in total. The molecule has 0 aliphatic carbocycles. The lowest BCUT2D eigenvalue weighted by atomic mass is 10.2. The number of nitrogens with zero attached hydrogens (tertiary/aromatic N) is 2. The molecule has 2 aromatic rings. The number of thioether (sulfide) groups is 1. The van der Waals surface area contributed by atoms with Crippen molar-refractivity contribution in [3.63, 3.8) is 0 Å². The zero-order valence-electron chi connectivity index (χ0n) is 8.61. The van der Waals surface area contributed by atoms with Crippen LogP contribution in [0.15, 0.2) is 23.1 Å². The summed E-state index contributed by atoms with van der Waals surface area (Å²) in [7, 11) is 0. The maximum Gasteiger partial charge on any atom is 0.138 e. The molecule has 0 unspecified atom stereocenters. The molecule has 1 aromatic heterocycles. The van der Waals surface area contributed by atoms with Crippen molar-refractivity contribution in [2.45, 2.75) is 17.6 Å². The third-order valence-electron chi connectivity index (χ3n) is 2.07. The summed E-state index contributed by atoms with van der Waals surface area (Å²) in [6, 6.07) is 5.88. The molecule has 1 aromatic carbocycles. The minimum absolute atomic E-state index is 0.667. The Labute approximate surface area is 107 Å². The van der Waals surface area contributed by atoms with Crippen LogP contribution in [0.5, 0.6) is 0 Å². The van der Waals surface area contributed by atoms with Gasteiger partial charge in [-0.15, -0.1) is 16.9 Å². The zero-order valence-corrected chi connectivity index (χ0v) is 11.0. The summed E-state index contributed by atoms with van der Waals surface area (Å²) in [5, 5.41) is 3.97. The van der Waals surface area contributed by atoms with Crippen LogP contribution in [0.2, 0.25) is 4.34 Å². The largest absolute Gasteiger partial charge is 0.399 e. The Bertz CT molecular complexity index is 499. The number of anilines is 1. The number of hydrogen-bond donors (Lipinski definition) is 1. The van der Waals surface area contributed by atoms with Gasteiger partial charge in [0.05, 0.1) is 0 Å². The monoisotopic (exact) mass is 271 g/mol. The van der Waals surface area contributed by atoms with E-state index >= 15 is 0 Å². The zero-order chi connectivity index (χ0) is 11.5. The number of hydrogen-bond acceptors (Lipinski definition) is 5. The first-order valence-corrected chi connectivity index (χ1v) is 6.76. The average molecular weight is 272 g/mol. The molecule has 84 valence electrons. The fourth-order valence-electron chi connectivity index (χ4n) is 1.26. The lowest BCUT2D eigenvalue weighted by molar-refractivity contribution is 1.07. The van der Waals surface area contributed by atoms with Crippen LogP contribution in [0.1, 0.15) is 11.3 Å². The van der Waals surface area contributed by atoms with E-state index in [2.05, 4.69) is 9.59 Å². The Balaban J connectivity index is 2.08. The van der Waals surface area contributed by atoms with Crippen LogP contribution in [-0.2, 0) is 5.75 Å². The molecule has 0 saturated carbocycles. The average Bonchev–Trinajstić information content (AvgIpc) is 2.63. The van der Waals surface area contributed by atoms with E-state index in [-0.39, 0.29) is 0 Å². The van der Waals surface area contributed by atoms with Gasteiger partial charge in [0.1, 0.15) is 10.0 Å². The molecule has 0 amide bonds. The Morgan fingerprint density at radius 1 is 1.50 bits per heavy atom. The van der Waals surface area contributed by atoms with Crippen LogP contribution in [0, 0.1) is 6.92 Å². The standard InChI is InChI=1S/C10H10ClN3S2/c1-6-4-7(12)2-3-9(6)15-5-8-10(11)16-14-13-8/h2-4H,5,12H2,1H3. The van der Waals surface area contributed by atoms with Crippen molar-refractivity contribution in [2.75, 3.05) is 5.73 Å². The van der Waals surface area contributed by atoms with Gasteiger partial charge in [-0.25, -0.2) is 0 Å². The van der Waals surface area contributed by atoms with E-state index < -0.39 is 0 Å². The van der Waals surface area contributed by atoms with Gasteiger partial charge in [-0.05, 0) is 30.7 Å². The van der Waals surface area contributed by atoms with Crippen LogP contribution < -0.4 is 5.73 Å². The van der Waals surface area contributed by atoms with Gasteiger partial charge >= 0.3 is 0 Å². The molecule has 16 heavy (non-hydrogen) atoms. The summed E-state index contributed by atoms with van der Waals surface area (Å²) in [5.74, 6) is 0.736. The molecule has 0 atom stereocenters. The Hall–Kier alpha value is -0.780. The fourth-order valence-corrected chi connectivity index (χ4v) is 3.01. The fraction of sp³-hybridized carbons (Fsp3) is 0.200. The molecule has 2 rings (SSSR count). The van der Waals surface area contributed by atoms with Crippen LogP contribution >= 0.6 is 34.9 Å². The molecule has 0 radical (unpaired) electrons. The van der Waals surface area contributed by atoms with Crippen molar-refractivity contribution in [1.82, 2.24) is 9.59 Å². The number of aryl methyl sites for hydroxylation is 1. The van der Waals surface area contributed by atoms with Gasteiger partial charge in [0, 0.05) is 27.9 Å². The van der Waals surface area contributed by atoms with Gasteiger partial charge in [-0.1, -0.05) is 16.1 Å². The lowest BCUT2D eigenvalue weighted by Crippen LogP contribution is -1.88. The first kappa shape index (κ1) is 11.7. The van der Waals surface area contributed by atoms with E-state index in [1.165, 1.54) is 22.0 Å². The van der Waals surface area contributed by atoms with E-state index in [9.17, 15) is 0 Å². The molecule has 0 fully saturated rings. The van der Waals surface area contributed by atoms with Crippen LogP contribution in [0.4, 0.5) is 5.69 Å². The highest BCUT2D eigenvalue weighted by molar-refractivity contribution is 7.98. The van der Waals surface area contributed by atoms with Gasteiger partial charge in [0.15, 0.2) is 0 Å². The van der Waals surface area contributed by atoms with E-state index in [0.29, 0.717) is 4.34 Å². The van der Waals surface area contributed by atoms with E-state index in [1.807, 2.05) is 25.1 Å². The van der Waals surface area contributed by atoms with Gasteiger partial charge < -0.3 is 5.73 Å². The highest BCUT2D eigenvalue weighted by Crippen LogP contribution is 2.29. The number of rotatable bonds is 3. The van der Waals surface area contributed by atoms with Crippen LogP contribution in [-0.4, -0.2) is 9.59 Å². The summed E-state index contributed by atoms with van der Waals surface area (Å²) in [5.41, 5.74) is 8.49. The van der Waals surface area contributed by atoms with Crippen molar-refractivity contribution >= 4 is 40.6 Å². The van der Waals surface area contributed by atoms with Crippen LogP contribution in [0.3, 0.4) is 0 Å². The number of nitrogen functional groups attached to an aromatic ring is 1. The maximum absolute atomic E-state index is 5.93. The molecule has 0 aliphatic rings. The number of aromatic nitrogens is 2. The molecule has 0 spiro atoms. The predicted molar refractivity (Wildman–Crippen MR) is 70.1 cm³/mol. The number of nitrogens with two attached hydrogens (primary N) is 1. The normalized spacial score (nSPS) is 10.6. The van der Waals surface area contributed by atoms with Crippen molar-refractivity contribution < 1.29 is 0 Å². The van der Waals surface area contributed by atoms with Crippen molar-refractivity contribution in [2.24, 2.45) is 0 Å². The molecule has 3 nitrogen and oxygen atoms in total. The van der Waals surface area contributed by atoms with Gasteiger partial charge in [-0.3, -0.25) is 0 Å². The van der Waals surface area contributed by atoms with E-state index in [0.717, 1.165) is 17.1 Å². The van der Waals surface area contributed by atoms with Crippen LogP contribution in [0.25, 0.3) is 0 Å². The van der Waals surface area contributed by atoms with Crippen molar-refractivity contribution in [1.29, 1.82) is 0 Å². The quantitative estimate of drug-likeness (QED) is 0.687. The SMILES string of the molecule is Cc1cc(N)ccc1SCc1nnsc1Cl. The van der Waals surface area contributed by atoms with E-state index in [4.69, 9.17) is 17.3 Å². The smallest absolute Gasteiger partial charge is 0.138 e. The third kappa shape index (κ3) is 2.66. The molecule has 0 bridgehead atoms. The van der Waals surface area contributed by atoms with Gasteiger partial charge in [0.2, 0.25) is 0 Å². The number of benzene rings is 1. The Morgan fingerprint density at radius 3 is 2.94 bits per heavy atom. The second kappa shape index (κ2) is 5.03. The number of halogens is 1. The molecule has 0 saturated heterocycles. The highest BCUT2D eigenvalue weighted by Gasteiger charge is 2.07. The molecular weight excluding hydrogens is 262 g/mol. The van der Waals surface area contributed by atoms with Gasteiger partial charge in [0.25, 0.3) is 0 Å². The topological polar surface area (TPSA) is 51.8 Å². The van der Waals surface area contributed by atoms with Gasteiger partial charge in [-0.2, -0.15) is 0 Å². The first-order chi connectivity index (χ1) is 7.66. The lowest BCUT2D eigenvalue weighted by Gasteiger charge is -2.05. The Kier molecular flexibility index (Phi) is 3.68. The molecule has 6 heteroatoms. The summed E-state index contributed by atoms with van der Waals surface area (Å²) in [6.07, 6.45) is 0. The highest BCUT2D eigenvalue weighted by atomic mass is 35.5. The van der Waals surface area contributed by atoms with E-state index in [1.54, 1.807) is 11.8 Å². The summed E-state index contributed by atoms with van der Waals surface area (Å²) in [6.45, 7) is 2.04. The minimum Gasteiger partial charge on any atom is -0.399 e. The minimum atomic E-state index is 0.667. The summed E-state index contributed by atoms with van der Waals surface area (Å²) < 4.78 is 4.46. The second-order valence-electron chi connectivity index (χ2n) is 3.31. The molecular formula is C10H10ClN3S2. The maximum atomic E-state index is 5.93. The van der Waals surface area contributed by atoms with Crippen molar-refractivity contribution in [3.8, 4) is 0 Å². The first-order valence-electron chi connectivity index (χ1n) is 4.62. The summed E-state index contributed by atoms with van der Waals surface area (Å²) >= 11 is 8.84. The Morgan fingerprint density at radius 2 is 2.31 bits per heavy atom. The predicted octanol–water partition coefficient (Wildman–Crippen LogP) is 3.37. The summed E-state index contributed by atoms with van der Waals surface area (Å²) in [4.78, 5) is 1.19. The van der Waals surface area contributed by atoms with Crippen molar-refractivity contribution in [3.05, 3.63) is 33.8 Å². The third-order valence-corrected chi connectivity index (χ3v) is 4.24.